The molecule has 0 radical (unpaired) electrons. The second kappa shape index (κ2) is 6.52. The van der Waals surface area contributed by atoms with Crippen molar-refractivity contribution in [1.82, 2.24) is 5.32 Å². The molecule has 0 heterocycles. The van der Waals surface area contributed by atoms with Gasteiger partial charge in [-0.2, -0.15) is 0 Å². The van der Waals surface area contributed by atoms with E-state index >= 15 is 0 Å². The fourth-order valence-electron chi connectivity index (χ4n) is 0.854. The predicted molar refractivity (Wildman–Crippen MR) is 53.2 cm³/mol. The molecule has 0 aromatic rings. The maximum atomic E-state index is 10.7. The van der Waals surface area contributed by atoms with Gasteiger partial charge in [0.1, 0.15) is 0 Å². The molecular formula is C10H19NO2. The van der Waals surface area contributed by atoms with Crippen LogP contribution in [0.2, 0.25) is 0 Å². The van der Waals surface area contributed by atoms with Crippen LogP contribution in [-0.4, -0.2) is 19.1 Å². The Labute approximate surface area is 80.2 Å². The van der Waals surface area contributed by atoms with Crippen molar-refractivity contribution >= 4 is 5.97 Å². The van der Waals surface area contributed by atoms with Crippen molar-refractivity contribution in [3.8, 4) is 0 Å². The number of rotatable bonds is 5. The van der Waals surface area contributed by atoms with Crippen LogP contribution in [0, 0.1) is 5.92 Å². The summed E-state index contributed by atoms with van der Waals surface area (Å²) in [4.78, 5) is 10.7. The minimum absolute atomic E-state index is 0.330. The minimum atomic E-state index is -0.330. The van der Waals surface area contributed by atoms with Gasteiger partial charge in [0.15, 0.2) is 0 Å². The fourth-order valence-corrected chi connectivity index (χ4v) is 0.854. The van der Waals surface area contributed by atoms with Crippen LogP contribution in [-0.2, 0) is 9.53 Å². The summed E-state index contributed by atoms with van der Waals surface area (Å²) < 4.78 is 4.45. The molecule has 0 aromatic heterocycles. The van der Waals surface area contributed by atoms with Crippen molar-refractivity contribution in [2.24, 2.45) is 5.92 Å². The molecule has 13 heavy (non-hydrogen) atoms. The van der Waals surface area contributed by atoms with Crippen molar-refractivity contribution < 1.29 is 9.53 Å². The predicted octanol–water partition coefficient (Wildman–Crippen LogP) is 1.70. The smallest absolute Gasteiger partial charge is 0.331 e. The molecule has 0 saturated carbocycles. The molecule has 3 heteroatoms. The highest BCUT2D eigenvalue weighted by atomic mass is 16.5. The van der Waals surface area contributed by atoms with E-state index in [1.165, 1.54) is 13.2 Å². The molecule has 2 atom stereocenters. The quantitative estimate of drug-likeness (QED) is 0.523. The van der Waals surface area contributed by atoms with E-state index in [9.17, 15) is 4.79 Å². The van der Waals surface area contributed by atoms with Gasteiger partial charge >= 0.3 is 5.97 Å². The maximum Gasteiger partial charge on any atom is 0.331 e. The van der Waals surface area contributed by atoms with Gasteiger partial charge in [0.2, 0.25) is 0 Å². The molecule has 0 fully saturated rings. The Balaban J connectivity index is 3.74. The lowest BCUT2D eigenvalue weighted by atomic mass is 10.0. The van der Waals surface area contributed by atoms with E-state index in [2.05, 4.69) is 30.8 Å². The van der Waals surface area contributed by atoms with E-state index in [0.717, 1.165) is 6.42 Å². The second-order valence-corrected chi connectivity index (χ2v) is 3.20. The first-order valence-corrected chi connectivity index (χ1v) is 4.62. The standard InChI is InChI=1S/C10H19NO2/c1-5-8(2)9(3)11-7-6-10(12)13-4/h6-9,11H,5H2,1-4H3/b7-6+. The number of ether oxygens (including phenoxy) is 1. The molecule has 0 aliphatic carbocycles. The Morgan fingerprint density at radius 3 is 2.62 bits per heavy atom. The van der Waals surface area contributed by atoms with Gasteiger partial charge in [-0.15, -0.1) is 0 Å². The second-order valence-electron chi connectivity index (χ2n) is 3.20. The van der Waals surface area contributed by atoms with Crippen LogP contribution in [0.3, 0.4) is 0 Å². The molecule has 0 aliphatic rings. The summed E-state index contributed by atoms with van der Waals surface area (Å²) in [6, 6.07) is 0.380. The van der Waals surface area contributed by atoms with Crippen molar-refractivity contribution in [2.75, 3.05) is 7.11 Å². The van der Waals surface area contributed by atoms with Gasteiger partial charge in [0.25, 0.3) is 0 Å². The van der Waals surface area contributed by atoms with Crippen molar-refractivity contribution in [2.45, 2.75) is 33.2 Å². The zero-order chi connectivity index (χ0) is 10.3. The number of hydrogen-bond acceptors (Lipinski definition) is 3. The number of nitrogens with one attached hydrogen (secondary N) is 1. The Morgan fingerprint density at radius 2 is 2.15 bits per heavy atom. The number of methoxy groups -OCH3 is 1. The van der Waals surface area contributed by atoms with Gasteiger partial charge in [-0.1, -0.05) is 20.3 Å². The molecule has 76 valence electrons. The van der Waals surface area contributed by atoms with Crippen LogP contribution in [0.5, 0.6) is 0 Å². The van der Waals surface area contributed by atoms with Gasteiger partial charge in [-0.25, -0.2) is 4.79 Å². The molecule has 3 nitrogen and oxygen atoms in total. The highest BCUT2D eigenvalue weighted by molar-refractivity contribution is 5.81. The molecular weight excluding hydrogens is 166 g/mol. The summed E-state index contributed by atoms with van der Waals surface area (Å²) in [7, 11) is 1.37. The lowest BCUT2D eigenvalue weighted by Gasteiger charge is -2.18. The monoisotopic (exact) mass is 185 g/mol. The van der Waals surface area contributed by atoms with Crippen LogP contribution >= 0.6 is 0 Å². The molecule has 0 bridgehead atoms. The Bertz CT molecular complexity index is 178. The maximum absolute atomic E-state index is 10.7. The third-order valence-electron chi connectivity index (χ3n) is 2.28. The van der Waals surface area contributed by atoms with Crippen LogP contribution in [0.15, 0.2) is 12.3 Å². The average molecular weight is 185 g/mol. The molecule has 0 aliphatic heterocycles. The number of hydrogen-bond donors (Lipinski definition) is 1. The number of carbonyl (C=O) groups excluding carboxylic acids is 1. The summed E-state index contributed by atoms with van der Waals surface area (Å²) >= 11 is 0. The van der Waals surface area contributed by atoms with E-state index in [4.69, 9.17) is 0 Å². The summed E-state index contributed by atoms with van der Waals surface area (Å²) in [5.41, 5.74) is 0. The SMILES string of the molecule is CCC(C)C(C)N/C=C/C(=O)OC. The van der Waals surface area contributed by atoms with Crippen LogP contribution in [0.1, 0.15) is 27.2 Å². The summed E-state index contributed by atoms with van der Waals surface area (Å²) in [5, 5.41) is 3.12. The number of carbonyl (C=O) groups is 1. The zero-order valence-corrected chi connectivity index (χ0v) is 8.83. The van der Waals surface area contributed by atoms with E-state index < -0.39 is 0 Å². The van der Waals surface area contributed by atoms with Crippen molar-refractivity contribution in [1.29, 1.82) is 0 Å². The highest BCUT2D eigenvalue weighted by Gasteiger charge is 2.06. The summed E-state index contributed by atoms with van der Waals surface area (Å²) in [6.45, 7) is 6.41. The summed E-state index contributed by atoms with van der Waals surface area (Å²) in [6.07, 6.45) is 4.15. The molecule has 0 aromatic carbocycles. The number of esters is 1. The Morgan fingerprint density at radius 1 is 1.54 bits per heavy atom. The summed E-state index contributed by atoms with van der Waals surface area (Å²) in [5.74, 6) is 0.270. The largest absolute Gasteiger partial charge is 0.466 e. The van der Waals surface area contributed by atoms with Gasteiger partial charge in [-0.05, 0) is 12.8 Å². The first-order chi connectivity index (χ1) is 6.11. The molecule has 0 rings (SSSR count). The normalized spacial score (nSPS) is 15.4. The van der Waals surface area contributed by atoms with Crippen molar-refractivity contribution in [3.63, 3.8) is 0 Å². The van der Waals surface area contributed by atoms with Gasteiger partial charge in [-0.3, -0.25) is 0 Å². The zero-order valence-electron chi connectivity index (χ0n) is 8.83. The third kappa shape index (κ3) is 5.28. The van der Waals surface area contributed by atoms with E-state index in [-0.39, 0.29) is 5.97 Å². The van der Waals surface area contributed by atoms with Crippen LogP contribution in [0.4, 0.5) is 0 Å². The van der Waals surface area contributed by atoms with Gasteiger partial charge < -0.3 is 10.1 Å². The molecule has 0 spiro atoms. The van der Waals surface area contributed by atoms with E-state index in [1.807, 2.05) is 0 Å². The van der Waals surface area contributed by atoms with E-state index in [1.54, 1.807) is 6.20 Å². The molecule has 0 saturated heterocycles. The first-order valence-electron chi connectivity index (χ1n) is 4.62. The average Bonchev–Trinajstić information content (AvgIpc) is 2.15. The minimum Gasteiger partial charge on any atom is -0.466 e. The topological polar surface area (TPSA) is 38.3 Å². The Hall–Kier alpha value is -0.990. The van der Waals surface area contributed by atoms with Gasteiger partial charge in [0.05, 0.1) is 7.11 Å². The molecule has 1 N–H and O–H groups in total. The van der Waals surface area contributed by atoms with Crippen LogP contribution < -0.4 is 5.32 Å². The highest BCUT2D eigenvalue weighted by Crippen LogP contribution is 2.05. The molecule has 0 amide bonds. The first kappa shape index (κ1) is 12.0. The van der Waals surface area contributed by atoms with E-state index in [0.29, 0.717) is 12.0 Å². The molecule has 2 unspecified atom stereocenters. The van der Waals surface area contributed by atoms with Crippen molar-refractivity contribution in [3.05, 3.63) is 12.3 Å². The fraction of sp³-hybridized carbons (Fsp3) is 0.700. The Kier molecular flexibility index (Phi) is 6.02. The van der Waals surface area contributed by atoms with Crippen LogP contribution in [0.25, 0.3) is 0 Å². The lowest BCUT2D eigenvalue weighted by Crippen LogP contribution is -2.27. The van der Waals surface area contributed by atoms with Gasteiger partial charge in [0, 0.05) is 18.3 Å². The third-order valence-corrected chi connectivity index (χ3v) is 2.28. The lowest BCUT2D eigenvalue weighted by molar-refractivity contribution is -0.134.